The molecule has 2 aromatic carbocycles. The first-order valence-corrected chi connectivity index (χ1v) is 12.2. The van der Waals surface area contributed by atoms with Crippen LogP contribution in [0.25, 0.3) is 6.08 Å². The Morgan fingerprint density at radius 3 is 2.36 bits per heavy atom. The molecule has 3 rings (SSSR count). The summed E-state index contributed by atoms with van der Waals surface area (Å²) in [5.41, 5.74) is 0.723. The van der Waals surface area contributed by atoms with E-state index in [1.54, 1.807) is 18.2 Å². The SMILES string of the molecule is CCOc1ccccc1/C=C/C(=O)OCC(=O)N1CCN(S(=O)(=O)c2ccc(Cl)cc2)CC1. The van der Waals surface area contributed by atoms with Crippen LogP contribution in [0.1, 0.15) is 12.5 Å². The Kier molecular flexibility index (Phi) is 8.49. The van der Waals surface area contributed by atoms with Crippen molar-refractivity contribution in [2.45, 2.75) is 11.8 Å². The molecule has 1 fully saturated rings. The van der Waals surface area contributed by atoms with Gasteiger partial charge >= 0.3 is 5.97 Å². The van der Waals surface area contributed by atoms with Crippen LogP contribution < -0.4 is 4.74 Å². The highest BCUT2D eigenvalue weighted by Gasteiger charge is 2.30. The predicted octanol–water partition coefficient (Wildman–Crippen LogP) is 2.83. The fourth-order valence-corrected chi connectivity index (χ4v) is 4.82. The second-order valence-electron chi connectivity index (χ2n) is 7.15. The minimum absolute atomic E-state index is 0.151. The van der Waals surface area contributed by atoms with E-state index in [-0.39, 0.29) is 37.0 Å². The number of halogens is 1. The molecule has 1 heterocycles. The molecule has 0 unspecified atom stereocenters. The average Bonchev–Trinajstić information content (AvgIpc) is 2.82. The number of ether oxygens (including phenoxy) is 2. The minimum atomic E-state index is -3.66. The fourth-order valence-electron chi connectivity index (χ4n) is 3.27. The van der Waals surface area contributed by atoms with E-state index in [1.807, 2.05) is 19.1 Å². The Morgan fingerprint density at radius 1 is 1.03 bits per heavy atom. The summed E-state index contributed by atoms with van der Waals surface area (Å²) in [6.07, 6.45) is 2.81. The highest BCUT2D eigenvalue weighted by Crippen LogP contribution is 2.21. The lowest BCUT2D eigenvalue weighted by molar-refractivity contribution is -0.148. The number of nitrogens with zero attached hydrogens (tertiary/aromatic N) is 2. The molecule has 0 spiro atoms. The Labute approximate surface area is 198 Å². The van der Waals surface area contributed by atoms with E-state index >= 15 is 0 Å². The van der Waals surface area contributed by atoms with Gasteiger partial charge in [-0.1, -0.05) is 29.8 Å². The molecule has 33 heavy (non-hydrogen) atoms. The first kappa shape index (κ1) is 24.8. The third-order valence-electron chi connectivity index (χ3n) is 5.00. The van der Waals surface area contributed by atoms with Crippen LogP contribution in [0.3, 0.4) is 0 Å². The fraction of sp³-hybridized carbons (Fsp3) is 0.304. The maximum Gasteiger partial charge on any atom is 0.331 e. The van der Waals surface area contributed by atoms with Crippen LogP contribution >= 0.6 is 11.6 Å². The number of hydrogen-bond donors (Lipinski definition) is 0. The van der Waals surface area contributed by atoms with Crippen molar-refractivity contribution in [2.24, 2.45) is 0 Å². The van der Waals surface area contributed by atoms with E-state index in [2.05, 4.69) is 0 Å². The maximum atomic E-state index is 12.7. The molecule has 0 bridgehead atoms. The summed E-state index contributed by atoms with van der Waals surface area (Å²) >= 11 is 5.83. The number of piperazine rings is 1. The van der Waals surface area contributed by atoms with Crippen LogP contribution in [0.15, 0.2) is 59.5 Å². The summed E-state index contributed by atoms with van der Waals surface area (Å²) in [7, 11) is -3.66. The molecule has 1 aliphatic rings. The first-order chi connectivity index (χ1) is 15.8. The molecule has 8 nitrogen and oxygen atoms in total. The van der Waals surface area contributed by atoms with Crippen molar-refractivity contribution < 1.29 is 27.5 Å². The van der Waals surface area contributed by atoms with Crippen molar-refractivity contribution in [3.05, 3.63) is 65.2 Å². The Balaban J connectivity index is 1.48. The summed E-state index contributed by atoms with van der Waals surface area (Å²) in [5, 5.41) is 0.451. The summed E-state index contributed by atoms with van der Waals surface area (Å²) in [4.78, 5) is 26.1. The molecule has 176 valence electrons. The Hall–Kier alpha value is -2.88. The zero-order valence-electron chi connectivity index (χ0n) is 18.1. The number of sulfonamides is 1. The monoisotopic (exact) mass is 492 g/mol. The lowest BCUT2D eigenvalue weighted by Gasteiger charge is -2.33. The summed E-state index contributed by atoms with van der Waals surface area (Å²) in [6, 6.07) is 13.2. The standard InChI is InChI=1S/C23H25ClN2O6S/c1-2-31-21-6-4-3-5-18(21)7-12-23(28)32-17-22(27)25-13-15-26(16-14-25)33(29,30)20-10-8-19(24)9-11-20/h3-12H,2,13-17H2,1H3/b12-7+. The van der Waals surface area contributed by atoms with Crippen molar-refractivity contribution in [1.82, 2.24) is 9.21 Å². The summed E-state index contributed by atoms with van der Waals surface area (Å²) in [5.74, 6) is -0.389. The van der Waals surface area contributed by atoms with Crippen molar-refractivity contribution in [2.75, 3.05) is 39.4 Å². The van der Waals surface area contributed by atoms with Crippen molar-refractivity contribution in [3.8, 4) is 5.75 Å². The maximum absolute atomic E-state index is 12.7. The molecule has 1 saturated heterocycles. The number of amides is 1. The van der Waals surface area contributed by atoms with Crippen LogP contribution in [0.4, 0.5) is 0 Å². The molecule has 2 aromatic rings. The van der Waals surface area contributed by atoms with Gasteiger partial charge in [-0.25, -0.2) is 13.2 Å². The molecular formula is C23H25ClN2O6S. The molecule has 0 radical (unpaired) electrons. The van der Waals surface area contributed by atoms with Gasteiger partial charge in [0.15, 0.2) is 6.61 Å². The zero-order valence-corrected chi connectivity index (χ0v) is 19.7. The van der Waals surface area contributed by atoms with Gasteiger partial charge in [-0.2, -0.15) is 4.31 Å². The largest absolute Gasteiger partial charge is 0.493 e. The molecule has 0 aliphatic carbocycles. The van der Waals surface area contributed by atoms with Crippen LogP contribution in [0.5, 0.6) is 5.75 Å². The third kappa shape index (κ3) is 6.56. The molecule has 1 aliphatic heterocycles. The Morgan fingerprint density at radius 2 is 1.70 bits per heavy atom. The predicted molar refractivity (Wildman–Crippen MR) is 124 cm³/mol. The van der Waals surface area contributed by atoms with Gasteiger partial charge in [0.05, 0.1) is 11.5 Å². The number of hydrogen-bond acceptors (Lipinski definition) is 6. The van der Waals surface area contributed by atoms with E-state index in [1.165, 1.54) is 39.5 Å². The van der Waals surface area contributed by atoms with Gasteiger partial charge in [0, 0.05) is 42.8 Å². The van der Waals surface area contributed by atoms with Crippen LogP contribution in [0, 0.1) is 0 Å². The van der Waals surface area contributed by atoms with Crippen LogP contribution in [-0.4, -0.2) is 68.9 Å². The Bertz CT molecular complexity index is 1110. The lowest BCUT2D eigenvalue weighted by atomic mass is 10.2. The quantitative estimate of drug-likeness (QED) is 0.415. The number of para-hydroxylation sites is 1. The first-order valence-electron chi connectivity index (χ1n) is 10.4. The molecule has 0 N–H and O–H groups in total. The van der Waals surface area contributed by atoms with Gasteiger partial charge in [-0.15, -0.1) is 0 Å². The number of benzene rings is 2. The molecule has 0 saturated carbocycles. The van der Waals surface area contributed by atoms with Gasteiger partial charge < -0.3 is 14.4 Å². The van der Waals surface area contributed by atoms with Gasteiger partial charge in [-0.05, 0) is 43.3 Å². The molecule has 0 aromatic heterocycles. The van der Waals surface area contributed by atoms with Crippen LogP contribution in [-0.2, 0) is 24.3 Å². The zero-order chi connectivity index (χ0) is 23.8. The summed E-state index contributed by atoms with van der Waals surface area (Å²) < 4.78 is 37.3. The highest BCUT2D eigenvalue weighted by atomic mass is 35.5. The van der Waals surface area contributed by atoms with E-state index in [0.29, 0.717) is 17.4 Å². The summed E-state index contributed by atoms with van der Waals surface area (Å²) in [6.45, 7) is 2.67. The molecule has 0 atom stereocenters. The van der Waals surface area contributed by atoms with E-state index in [0.717, 1.165) is 5.56 Å². The molecule has 1 amide bonds. The van der Waals surface area contributed by atoms with Crippen molar-refractivity contribution >= 4 is 39.6 Å². The smallest absolute Gasteiger partial charge is 0.331 e. The van der Waals surface area contributed by atoms with Gasteiger partial charge in [0.25, 0.3) is 5.91 Å². The number of carbonyl (C=O) groups is 2. The lowest BCUT2D eigenvalue weighted by Crippen LogP contribution is -2.51. The number of carbonyl (C=O) groups excluding carboxylic acids is 2. The third-order valence-corrected chi connectivity index (χ3v) is 7.16. The molecule has 10 heteroatoms. The van der Waals surface area contributed by atoms with E-state index in [4.69, 9.17) is 21.1 Å². The van der Waals surface area contributed by atoms with Crippen molar-refractivity contribution in [3.63, 3.8) is 0 Å². The normalized spacial score (nSPS) is 14.9. The highest BCUT2D eigenvalue weighted by molar-refractivity contribution is 7.89. The van der Waals surface area contributed by atoms with Gasteiger partial charge in [-0.3, -0.25) is 4.79 Å². The van der Waals surface area contributed by atoms with Crippen LogP contribution in [0.2, 0.25) is 5.02 Å². The average molecular weight is 493 g/mol. The van der Waals surface area contributed by atoms with Gasteiger partial charge in [0.2, 0.25) is 10.0 Å². The topological polar surface area (TPSA) is 93.2 Å². The number of rotatable bonds is 8. The van der Waals surface area contributed by atoms with Crippen molar-refractivity contribution in [1.29, 1.82) is 0 Å². The van der Waals surface area contributed by atoms with E-state index in [9.17, 15) is 18.0 Å². The number of esters is 1. The second-order valence-corrected chi connectivity index (χ2v) is 9.53. The van der Waals surface area contributed by atoms with Gasteiger partial charge in [0.1, 0.15) is 5.75 Å². The second kappa shape index (κ2) is 11.3. The van der Waals surface area contributed by atoms with E-state index < -0.39 is 22.6 Å². The molecular weight excluding hydrogens is 468 g/mol. The minimum Gasteiger partial charge on any atom is -0.493 e.